The van der Waals surface area contributed by atoms with Gasteiger partial charge in [-0.3, -0.25) is 0 Å². The van der Waals surface area contributed by atoms with Crippen LogP contribution < -0.4 is 0 Å². The molecule has 0 saturated carbocycles. The second kappa shape index (κ2) is 3.36. The van der Waals surface area contributed by atoms with Crippen LogP contribution in [0.3, 0.4) is 0 Å². The van der Waals surface area contributed by atoms with Gasteiger partial charge in [0, 0.05) is 0 Å². The summed E-state index contributed by atoms with van der Waals surface area (Å²) >= 11 is 0. The summed E-state index contributed by atoms with van der Waals surface area (Å²) in [7, 11) is 0.977. The van der Waals surface area contributed by atoms with Gasteiger partial charge in [-0.25, -0.2) is 0 Å². The largest absolute Gasteiger partial charge is 0.0961 e. The molecule has 0 bridgehead atoms. The van der Waals surface area contributed by atoms with Crippen molar-refractivity contribution in [2.75, 3.05) is 6.16 Å². The maximum absolute atomic E-state index is 3.76. The van der Waals surface area contributed by atoms with E-state index in [1.54, 1.807) is 0 Å². The zero-order valence-electron chi connectivity index (χ0n) is 4.41. The molecule has 1 heteroatoms. The Labute approximate surface area is 41.4 Å². The molecule has 0 N–H and O–H groups in total. The average molecular weight is 102 g/mol. The van der Waals surface area contributed by atoms with Crippen LogP contribution >= 0.6 is 8.58 Å². The van der Waals surface area contributed by atoms with Gasteiger partial charge in [0.2, 0.25) is 0 Å². The van der Waals surface area contributed by atoms with Crippen LogP contribution in [0.15, 0.2) is 11.9 Å². The second-order valence-corrected chi connectivity index (χ2v) is 3.22. The molecule has 0 aromatic rings. The van der Waals surface area contributed by atoms with Gasteiger partial charge in [-0.2, -0.15) is 0 Å². The van der Waals surface area contributed by atoms with Gasteiger partial charge < -0.3 is 0 Å². The summed E-state index contributed by atoms with van der Waals surface area (Å²) in [5.74, 6) is 0. The molecule has 6 heavy (non-hydrogen) atoms. The minimum Gasteiger partial charge on any atom is -0.0961 e. The Hall–Kier alpha value is 0.170. The molecule has 36 valence electrons. The smallest absolute Gasteiger partial charge is 0.0345 e. The van der Waals surface area contributed by atoms with Crippen molar-refractivity contribution >= 4 is 8.58 Å². The summed E-state index contributed by atoms with van der Waals surface area (Å²) in [5, 5.41) is 1.32. The Kier molecular flexibility index (Phi) is 3.46. The van der Waals surface area contributed by atoms with Crippen LogP contribution in [0.4, 0.5) is 0 Å². The Balaban J connectivity index is 2.83. The fraction of sp³-hybridized carbons (Fsp3) is 0.600. The molecule has 0 aromatic heterocycles. The van der Waals surface area contributed by atoms with Gasteiger partial charge in [0.1, 0.15) is 0 Å². The zero-order chi connectivity index (χ0) is 4.99. The van der Waals surface area contributed by atoms with Gasteiger partial charge in [-0.1, -0.05) is 27.4 Å². The van der Waals surface area contributed by atoms with E-state index in [0.29, 0.717) is 0 Å². The van der Waals surface area contributed by atoms with Gasteiger partial charge in [0.05, 0.1) is 0 Å². The molecule has 0 fully saturated rings. The highest BCUT2D eigenvalue weighted by atomic mass is 31.1. The predicted octanol–water partition coefficient (Wildman–Crippen LogP) is 2.22. The lowest BCUT2D eigenvalue weighted by Crippen LogP contribution is -1.57. The molecule has 0 saturated heterocycles. The minimum atomic E-state index is 0.977. The molecule has 1 atom stereocenters. The first-order valence-electron chi connectivity index (χ1n) is 2.16. The zero-order valence-corrected chi connectivity index (χ0v) is 5.41. The molecule has 0 aliphatic rings. The average Bonchev–Trinajstić information content (AvgIpc) is 1.35. The Morgan fingerprint density at radius 3 is 2.33 bits per heavy atom. The van der Waals surface area contributed by atoms with Gasteiger partial charge >= 0.3 is 0 Å². The molecular formula is C5H11P. The van der Waals surface area contributed by atoms with E-state index in [1.165, 1.54) is 11.5 Å². The maximum Gasteiger partial charge on any atom is -0.0345 e. The van der Waals surface area contributed by atoms with Crippen molar-refractivity contribution < 1.29 is 0 Å². The summed E-state index contributed by atoms with van der Waals surface area (Å²) in [6.45, 7) is 8.00. The van der Waals surface area contributed by atoms with E-state index in [2.05, 4.69) is 20.4 Å². The van der Waals surface area contributed by atoms with E-state index in [0.717, 1.165) is 8.58 Å². The summed E-state index contributed by atoms with van der Waals surface area (Å²) in [6.07, 6.45) is 1.26. The SMILES string of the molecule is C=C(C)PCC. The second-order valence-electron chi connectivity index (χ2n) is 1.31. The van der Waals surface area contributed by atoms with Crippen LogP contribution in [-0.2, 0) is 0 Å². The lowest BCUT2D eigenvalue weighted by atomic mass is 10.8. The monoisotopic (exact) mass is 102 g/mol. The first-order chi connectivity index (χ1) is 2.77. The molecule has 0 nitrogen and oxygen atoms in total. The van der Waals surface area contributed by atoms with Crippen molar-refractivity contribution in [3.8, 4) is 0 Å². The quantitative estimate of drug-likeness (QED) is 0.469. The molecule has 0 aromatic carbocycles. The molecule has 0 radical (unpaired) electrons. The highest BCUT2D eigenvalue weighted by Crippen LogP contribution is 2.18. The van der Waals surface area contributed by atoms with Crippen LogP contribution in [0.1, 0.15) is 13.8 Å². The van der Waals surface area contributed by atoms with E-state index >= 15 is 0 Å². The lowest BCUT2D eigenvalue weighted by molar-refractivity contribution is 1.51. The van der Waals surface area contributed by atoms with E-state index < -0.39 is 0 Å². The fourth-order valence-corrected chi connectivity index (χ4v) is 0.905. The first-order valence-corrected chi connectivity index (χ1v) is 3.37. The number of rotatable bonds is 2. The summed E-state index contributed by atoms with van der Waals surface area (Å²) < 4.78 is 0. The highest BCUT2D eigenvalue weighted by Gasteiger charge is 1.75. The van der Waals surface area contributed by atoms with Crippen molar-refractivity contribution in [1.29, 1.82) is 0 Å². The molecule has 0 aliphatic carbocycles. The molecule has 0 aliphatic heterocycles. The van der Waals surface area contributed by atoms with Gasteiger partial charge in [0.15, 0.2) is 0 Å². The number of allylic oxidation sites excluding steroid dienone is 1. The summed E-state index contributed by atoms with van der Waals surface area (Å²) in [4.78, 5) is 0. The third-order valence-corrected chi connectivity index (χ3v) is 1.44. The normalized spacial score (nSPS) is 10.3. The van der Waals surface area contributed by atoms with E-state index in [9.17, 15) is 0 Å². The molecule has 0 rings (SSSR count). The fourth-order valence-electron chi connectivity index (χ4n) is 0.302. The number of hydrogen-bond donors (Lipinski definition) is 0. The summed E-state index contributed by atoms with van der Waals surface area (Å²) in [6, 6.07) is 0. The third kappa shape index (κ3) is 4.17. The van der Waals surface area contributed by atoms with Crippen LogP contribution in [0.2, 0.25) is 0 Å². The molecule has 0 heterocycles. The van der Waals surface area contributed by atoms with E-state index in [1.807, 2.05) is 0 Å². The molecule has 0 spiro atoms. The van der Waals surface area contributed by atoms with Crippen LogP contribution in [0.5, 0.6) is 0 Å². The van der Waals surface area contributed by atoms with Crippen molar-refractivity contribution in [3.05, 3.63) is 11.9 Å². The highest BCUT2D eigenvalue weighted by molar-refractivity contribution is 7.42. The van der Waals surface area contributed by atoms with E-state index in [-0.39, 0.29) is 0 Å². The topological polar surface area (TPSA) is 0 Å². The number of hydrogen-bond acceptors (Lipinski definition) is 0. The van der Waals surface area contributed by atoms with Crippen LogP contribution in [0, 0.1) is 0 Å². The van der Waals surface area contributed by atoms with E-state index in [4.69, 9.17) is 0 Å². The standard InChI is InChI=1S/C5H11P/c1-4-6-5(2)3/h6H,2,4H2,1,3H3. The summed E-state index contributed by atoms with van der Waals surface area (Å²) in [5.41, 5.74) is 0. The van der Waals surface area contributed by atoms with Crippen LogP contribution in [-0.4, -0.2) is 6.16 Å². The first kappa shape index (κ1) is 6.17. The van der Waals surface area contributed by atoms with Crippen molar-refractivity contribution in [1.82, 2.24) is 0 Å². The van der Waals surface area contributed by atoms with Crippen molar-refractivity contribution in [2.24, 2.45) is 0 Å². The van der Waals surface area contributed by atoms with Gasteiger partial charge in [-0.05, 0) is 13.1 Å². The molecular weight excluding hydrogens is 91.0 g/mol. The van der Waals surface area contributed by atoms with Gasteiger partial charge in [-0.15, -0.1) is 0 Å². The minimum absolute atomic E-state index is 0.977. The predicted molar refractivity (Wildman–Crippen MR) is 33.7 cm³/mol. The van der Waals surface area contributed by atoms with Crippen LogP contribution in [0.25, 0.3) is 0 Å². The van der Waals surface area contributed by atoms with Crippen molar-refractivity contribution in [3.63, 3.8) is 0 Å². The Morgan fingerprint density at radius 1 is 1.83 bits per heavy atom. The molecule has 1 unspecified atom stereocenters. The Morgan fingerprint density at radius 2 is 2.33 bits per heavy atom. The van der Waals surface area contributed by atoms with Gasteiger partial charge in [0.25, 0.3) is 0 Å². The lowest BCUT2D eigenvalue weighted by Gasteiger charge is -1.88. The maximum atomic E-state index is 3.76. The third-order valence-electron chi connectivity index (χ3n) is 0.479. The van der Waals surface area contributed by atoms with Crippen molar-refractivity contribution in [2.45, 2.75) is 13.8 Å². The molecule has 0 amide bonds. The Bertz CT molecular complexity index is 47.9.